The van der Waals surface area contributed by atoms with Crippen LogP contribution in [-0.4, -0.2) is 41.6 Å². The lowest BCUT2D eigenvalue weighted by Crippen LogP contribution is -2.38. The van der Waals surface area contributed by atoms with Gasteiger partial charge in [0.1, 0.15) is 5.41 Å². The van der Waals surface area contributed by atoms with Gasteiger partial charge in [0.2, 0.25) is 0 Å². The van der Waals surface area contributed by atoms with Gasteiger partial charge in [0.15, 0.2) is 11.6 Å². The van der Waals surface area contributed by atoms with Crippen molar-refractivity contribution >= 4 is 11.6 Å². The van der Waals surface area contributed by atoms with Crippen LogP contribution in [0.2, 0.25) is 0 Å². The number of ketones is 2. The van der Waals surface area contributed by atoms with E-state index in [-0.39, 0.29) is 24.4 Å². The average molecular weight is 489 g/mol. The molecule has 3 aromatic carbocycles. The molecule has 2 aromatic heterocycles. The highest BCUT2D eigenvalue weighted by Gasteiger charge is 2.53. The minimum atomic E-state index is -1.34. The number of aromatic nitrogens is 6. The van der Waals surface area contributed by atoms with Crippen LogP contribution >= 0.6 is 0 Å². The zero-order valence-corrected chi connectivity index (χ0v) is 20.1. The molecule has 0 saturated carbocycles. The Hall–Kier alpha value is -4.72. The zero-order valence-electron chi connectivity index (χ0n) is 20.1. The van der Waals surface area contributed by atoms with Crippen molar-refractivity contribution in [3.8, 4) is 0 Å². The third-order valence-corrected chi connectivity index (χ3v) is 6.80. The maximum atomic E-state index is 13.8. The maximum Gasteiger partial charge on any atom is 0.178 e. The van der Waals surface area contributed by atoms with Gasteiger partial charge in [0.05, 0.1) is 24.5 Å². The Morgan fingerprint density at radius 2 is 0.973 bits per heavy atom. The molecular weight excluding hydrogens is 464 g/mol. The van der Waals surface area contributed by atoms with Crippen LogP contribution in [0, 0.1) is 5.41 Å². The van der Waals surface area contributed by atoms with Gasteiger partial charge in [-0.2, -0.15) is 0 Å². The van der Waals surface area contributed by atoms with Crippen LogP contribution in [0.4, 0.5) is 0 Å². The monoisotopic (exact) mass is 488 g/mol. The topological polar surface area (TPSA) is 95.6 Å². The molecule has 5 aromatic rings. The summed E-state index contributed by atoms with van der Waals surface area (Å²) in [7, 11) is 0. The number of hydrogen-bond acceptors (Lipinski definition) is 6. The first kappa shape index (κ1) is 22.7. The van der Waals surface area contributed by atoms with Gasteiger partial charge in [-0.15, -0.1) is 10.2 Å². The smallest absolute Gasteiger partial charge is 0.178 e. The van der Waals surface area contributed by atoms with Crippen LogP contribution in [0.3, 0.4) is 0 Å². The van der Waals surface area contributed by atoms with Crippen LogP contribution in [0.25, 0.3) is 0 Å². The fraction of sp³-hybridized carbons (Fsp3) is 0.172. The van der Waals surface area contributed by atoms with Crippen LogP contribution in [0.1, 0.15) is 43.2 Å². The molecule has 1 aliphatic rings. The maximum absolute atomic E-state index is 13.8. The summed E-state index contributed by atoms with van der Waals surface area (Å²) in [6.45, 7) is 1.10. The highest BCUT2D eigenvalue weighted by Crippen LogP contribution is 2.41. The van der Waals surface area contributed by atoms with Crippen molar-refractivity contribution in [3.63, 3.8) is 0 Å². The first-order chi connectivity index (χ1) is 18.1. The van der Waals surface area contributed by atoms with E-state index in [0.717, 1.165) is 11.1 Å². The number of rotatable bonds is 8. The SMILES string of the molecule is O=C1c2ccccc2C(=O)C1(Cc1cn(Cc2ccccc2)nn1)Cc1cn(Cc2ccccc2)nn1. The molecule has 8 heteroatoms. The van der Waals surface area contributed by atoms with Gasteiger partial charge in [0, 0.05) is 36.4 Å². The lowest BCUT2D eigenvalue weighted by Gasteiger charge is -2.23. The zero-order chi connectivity index (χ0) is 25.2. The van der Waals surface area contributed by atoms with Crippen LogP contribution in [0.5, 0.6) is 0 Å². The fourth-order valence-corrected chi connectivity index (χ4v) is 5.03. The summed E-state index contributed by atoms with van der Waals surface area (Å²) in [6, 6.07) is 26.9. The van der Waals surface area contributed by atoms with E-state index in [1.165, 1.54) is 0 Å². The number of nitrogens with zero attached hydrogens (tertiary/aromatic N) is 6. The van der Waals surface area contributed by atoms with Gasteiger partial charge >= 0.3 is 0 Å². The predicted octanol–water partition coefficient (Wildman–Crippen LogP) is 3.82. The molecule has 0 aliphatic heterocycles. The Labute approximate surface area is 213 Å². The van der Waals surface area contributed by atoms with E-state index in [9.17, 15) is 9.59 Å². The van der Waals surface area contributed by atoms with Gasteiger partial charge in [-0.3, -0.25) is 9.59 Å². The van der Waals surface area contributed by atoms with Crippen molar-refractivity contribution in [2.45, 2.75) is 25.9 Å². The van der Waals surface area contributed by atoms with Gasteiger partial charge in [-0.1, -0.05) is 95.4 Å². The molecule has 0 unspecified atom stereocenters. The molecule has 0 atom stereocenters. The third-order valence-electron chi connectivity index (χ3n) is 6.80. The van der Waals surface area contributed by atoms with E-state index in [4.69, 9.17) is 0 Å². The molecule has 0 fully saturated rings. The Balaban J connectivity index is 1.30. The molecule has 0 radical (unpaired) electrons. The molecule has 6 rings (SSSR count). The van der Waals surface area contributed by atoms with Gasteiger partial charge in [0.25, 0.3) is 0 Å². The summed E-state index contributed by atoms with van der Waals surface area (Å²) in [5, 5.41) is 17.2. The summed E-state index contributed by atoms with van der Waals surface area (Å²) in [6.07, 6.45) is 3.90. The minimum Gasteiger partial charge on any atom is -0.293 e. The van der Waals surface area contributed by atoms with Crippen LogP contribution in [0.15, 0.2) is 97.3 Å². The van der Waals surface area contributed by atoms with E-state index < -0.39 is 5.41 Å². The number of carbonyl (C=O) groups is 2. The number of carbonyl (C=O) groups excluding carboxylic acids is 2. The molecular formula is C29H24N6O2. The van der Waals surface area contributed by atoms with Crippen molar-refractivity contribution < 1.29 is 9.59 Å². The Morgan fingerprint density at radius 3 is 1.41 bits per heavy atom. The van der Waals surface area contributed by atoms with E-state index in [1.807, 2.05) is 73.1 Å². The second-order valence-corrected chi connectivity index (χ2v) is 9.43. The summed E-state index contributed by atoms with van der Waals surface area (Å²) in [5.41, 5.74) is 2.89. The van der Waals surface area contributed by atoms with Crippen molar-refractivity contribution in [3.05, 3.63) is 131 Å². The molecule has 0 saturated heterocycles. The molecule has 0 bridgehead atoms. The van der Waals surface area contributed by atoms with E-state index in [2.05, 4.69) is 20.6 Å². The van der Waals surface area contributed by atoms with Crippen LogP contribution in [-0.2, 0) is 25.9 Å². The first-order valence-corrected chi connectivity index (χ1v) is 12.2. The predicted molar refractivity (Wildman–Crippen MR) is 136 cm³/mol. The van der Waals surface area contributed by atoms with Crippen molar-refractivity contribution in [2.24, 2.45) is 5.41 Å². The standard InChI is InChI=1S/C29H24N6O2/c36-27-25-13-7-8-14-26(25)28(37)29(27,15-23-19-34(32-30-23)17-21-9-3-1-4-10-21)16-24-20-35(33-31-24)18-22-11-5-2-6-12-22/h1-14,19-20H,15-18H2. The van der Waals surface area contributed by atoms with E-state index >= 15 is 0 Å². The Morgan fingerprint density at radius 1 is 0.568 bits per heavy atom. The molecule has 0 N–H and O–H groups in total. The van der Waals surface area contributed by atoms with E-state index in [0.29, 0.717) is 35.6 Å². The second-order valence-electron chi connectivity index (χ2n) is 9.43. The summed E-state index contributed by atoms with van der Waals surface area (Å²) < 4.78 is 3.46. The summed E-state index contributed by atoms with van der Waals surface area (Å²) >= 11 is 0. The third kappa shape index (κ3) is 4.38. The second kappa shape index (κ2) is 9.39. The number of fused-ring (bicyclic) bond motifs is 1. The minimum absolute atomic E-state index is 0.139. The highest BCUT2D eigenvalue weighted by atomic mass is 16.2. The molecule has 8 nitrogen and oxygen atoms in total. The van der Waals surface area contributed by atoms with Gasteiger partial charge in [-0.25, -0.2) is 9.36 Å². The molecule has 2 heterocycles. The molecule has 182 valence electrons. The molecule has 0 spiro atoms. The number of Topliss-reactive ketones (excluding diaryl/α,β-unsaturated/α-hetero) is 2. The number of hydrogen-bond donors (Lipinski definition) is 0. The molecule has 0 amide bonds. The molecule has 37 heavy (non-hydrogen) atoms. The van der Waals surface area contributed by atoms with Crippen molar-refractivity contribution in [1.82, 2.24) is 30.0 Å². The van der Waals surface area contributed by atoms with Gasteiger partial charge < -0.3 is 0 Å². The average Bonchev–Trinajstić information content (AvgIpc) is 3.61. The van der Waals surface area contributed by atoms with Crippen molar-refractivity contribution in [2.75, 3.05) is 0 Å². The first-order valence-electron chi connectivity index (χ1n) is 12.2. The largest absolute Gasteiger partial charge is 0.293 e. The molecule has 1 aliphatic carbocycles. The lowest BCUT2D eigenvalue weighted by atomic mass is 9.75. The van der Waals surface area contributed by atoms with Crippen molar-refractivity contribution in [1.29, 1.82) is 0 Å². The summed E-state index contributed by atoms with van der Waals surface area (Å²) in [4.78, 5) is 27.6. The Bertz CT molecular complexity index is 1450. The quantitative estimate of drug-likeness (QED) is 0.308. The summed E-state index contributed by atoms with van der Waals surface area (Å²) in [5.74, 6) is -0.411. The Kier molecular flexibility index (Phi) is 5.76. The number of benzene rings is 3. The highest BCUT2D eigenvalue weighted by molar-refractivity contribution is 6.29. The lowest BCUT2D eigenvalue weighted by molar-refractivity contribution is 0.0691. The fourth-order valence-electron chi connectivity index (χ4n) is 5.03. The van der Waals surface area contributed by atoms with E-state index in [1.54, 1.807) is 33.6 Å². The normalized spacial score (nSPS) is 14.2. The van der Waals surface area contributed by atoms with Gasteiger partial charge in [-0.05, 0) is 11.1 Å². The van der Waals surface area contributed by atoms with Crippen LogP contribution < -0.4 is 0 Å².